The minimum atomic E-state index is -0.221. The summed E-state index contributed by atoms with van der Waals surface area (Å²) in [7, 11) is 0. The lowest BCUT2D eigenvalue weighted by Gasteiger charge is -2.26. The molecule has 1 aromatic carbocycles. The zero-order chi connectivity index (χ0) is 11.4. The van der Waals surface area contributed by atoms with Crippen LogP contribution in [0.2, 0.25) is 5.02 Å². The van der Waals surface area contributed by atoms with Crippen LogP contribution in [0, 0.1) is 6.92 Å². The molecule has 1 unspecified atom stereocenters. The summed E-state index contributed by atoms with van der Waals surface area (Å²) < 4.78 is 11.2. The highest BCUT2D eigenvalue weighted by molar-refractivity contribution is 6.30. The lowest BCUT2D eigenvalue weighted by molar-refractivity contribution is -0.180. The molecule has 1 aromatic rings. The topological polar surface area (TPSA) is 18.5 Å². The highest BCUT2D eigenvalue weighted by Gasteiger charge is 2.18. The van der Waals surface area contributed by atoms with Crippen molar-refractivity contribution in [1.29, 1.82) is 0 Å². The largest absolute Gasteiger partial charge is 0.353 e. The van der Waals surface area contributed by atoms with Crippen LogP contribution in [0.3, 0.4) is 0 Å². The molecule has 1 aliphatic rings. The Labute approximate surface area is 102 Å². The van der Waals surface area contributed by atoms with E-state index in [1.165, 1.54) is 0 Å². The molecule has 1 saturated heterocycles. The van der Waals surface area contributed by atoms with Crippen molar-refractivity contribution in [3.05, 3.63) is 41.8 Å². The fourth-order valence-corrected chi connectivity index (χ4v) is 1.99. The molecule has 1 radical (unpaired) electrons. The standard InChI is InChI=1S/C13H16ClO2/c1-10(11-5-4-6-12(14)9-11)16-13-7-2-3-8-15-13/h4-6,9-10,13H,1-3,7-8H2/t10-,13?/m0/s1. The molecule has 0 saturated carbocycles. The fourth-order valence-electron chi connectivity index (χ4n) is 1.79. The molecular weight excluding hydrogens is 224 g/mol. The zero-order valence-corrected chi connectivity index (χ0v) is 9.95. The number of halogens is 1. The van der Waals surface area contributed by atoms with Gasteiger partial charge >= 0.3 is 0 Å². The summed E-state index contributed by atoms with van der Waals surface area (Å²) in [5, 5.41) is 0.708. The van der Waals surface area contributed by atoms with Gasteiger partial charge in [0.05, 0.1) is 6.10 Å². The second-order valence-corrected chi connectivity index (χ2v) is 4.41. The molecule has 2 atom stereocenters. The summed E-state index contributed by atoms with van der Waals surface area (Å²) in [5.74, 6) is 0. The van der Waals surface area contributed by atoms with Crippen LogP contribution < -0.4 is 0 Å². The van der Waals surface area contributed by atoms with Gasteiger partial charge in [-0.1, -0.05) is 23.7 Å². The lowest BCUT2D eigenvalue weighted by Crippen LogP contribution is -2.23. The summed E-state index contributed by atoms with van der Waals surface area (Å²) in [5.41, 5.74) is 0.988. The fraction of sp³-hybridized carbons (Fsp3) is 0.462. The smallest absolute Gasteiger partial charge is 0.158 e. The monoisotopic (exact) mass is 239 g/mol. The number of hydrogen-bond acceptors (Lipinski definition) is 2. The van der Waals surface area contributed by atoms with Gasteiger partial charge < -0.3 is 9.47 Å². The molecule has 16 heavy (non-hydrogen) atoms. The molecule has 0 aromatic heterocycles. The molecule has 87 valence electrons. The van der Waals surface area contributed by atoms with Crippen LogP contribution in [0.5, 0.6) is 0 Å². The molecule has 0 bridgehead atoms. The maximum Gasteiger partial charge on any atom is 0.158 e. The van der Waals surface area contributed by atoms with Crippen LogP contribution >= 0.6 is 11.6 Å². The lowest BCUT2D eigenvalue weighted by atomic mass is 10.1. The minimum absolute atomic E-state index is 0.116. The maximum atomic E-state index is 5.92. The van der Waals surface area contributed by atoms with Crippen LogP contribution in [0.4, 0.5) is 0 Å². The van der Waals surface area contributed by atoms with E-state index in [-0.39, 0.29) is 12.4 Å². The third-order valence-corrected chi connectivity index (χ3v) is 2.91. The van der Waals surface area contributed by atoms with E-state index in [2.05, 4.69) is 6.92 Å². The van der Waals surface area contributed by atoms with Crippen molar-refractivity contribution in [2.24, 2.45) is 0 Å². The van der Waals surface area contributed by atoms with Crippen LogP contribution in [-0.4, -0.2) is 12.9 Å². The van der Waals surface area contributed by atoms with E-state index in [9.17, 15) is 0 Å². The van der Waals surface area contributed by atoms with Gasteiger partial charge in [-0.25, -0.2) is 0 Å². The second-order valence-electron chi connectivity index (χ2n) is 3.98. The van der Waals surface area contributed by atoms with Crippen molar-refractivity contribution in [3.63, 3.8) is 0 Å². The zero-order valence-electron chi connectivity index (χ0n) is 9.19. The van der Waals surface area contributed by atoms with Gasteiger partial charge in [0.1, 0.15) is 0 Å². The molecule has 2 nitrogen and oxygen atoms in total. The van der Waals surface area contributed by atoms with Gasteiger partial charge in [-0.15, -0.1) is 0 Å². The molecule has 1 fully saturated rings. The molecule has 3 heteroatoms. The van der Waals surface area contributed by atoms with Crippen LogP contribution in [-0.2, 0) is 9.47 Å². The normalized spacial score (nSPS) is 23.0. The molecule has 1 heterocycles. The summed E-state index contributed by atoms with van der Waals surface area (Å²) in [6.07, 6.45) is 2.90. The van der Waals surface area contributed by atoms with Crippen molar-refractivity contribution in [2.75, 3.05) is 6.61 Å². The van der Waals surface area contributed by atoms with E-state index >= 15 is 0 Å². The Morgan fingerprint density at radius 3 is 3.00 bits per heavy atom. The average Bonchev–Trinajstić information content (AvgIpc) is 2.30. The summed E-state index contributed by atoms with van der Waals surface area (Å²) in [6, 6.07) is 7.59. The number of benzene rings is 1. The Morgan fingerprint density at radius 2 is 2.31 bits per heavy atom. The van der Waals surface area contributed by atoms with Crippen molar-refractivity contribution in [3.8, 4) is 0 Å². The quantitative estimate of drug-likeness (QED) is 0.800. The van der Waals surface area contributed by atoms with E-state index in [0.717, 1.165) is 31.4 Å². The number of hydrogen-bond donors (Lipinski definition) is 0. The highest BCUT2D eigenvalue weighted by atomic mass is 35.5. The Morgan fingerprint density at radius 1 is 1.44 bits per heavy atom. The van der Waals surface area contributed by atoms with E-state index < -0.39 is 0 Å². The Hall–Kier alpha value is -0.570. The van der Waals surface area contributed by atoms with E-state index in [4.69, 9.17) is 21.1 Å². The van der Waals surface area contributed by atoms with Gasteiger partial charge in [-0.05, 0) is 43.9 Å². The molecule has 0 amide bonds. The predicted octanol–water partition coefficient (Wildman–Crippen LogP) is 3.76. The van der Waals surface area contributed by atoms with E-state index in [1.807, 2.05) is 24.3 Å². The van der Waals surface area contributed by atoms with Crippen molar-refractivity contribution < 1.29 is 9.47 Å². The average molecular weight is 240 g/mol. The van der Waals surface area contributed by atoms with Gasteiger partial charge in [-0.2, -0.15) is 0 Å². The number of ether oxygens (including phenoxy) is 2. The third-order valence-electron chi connectivity index (χ3n) is 2.67. The van der Waals surface area contributed by atoms with Crippen LogP contribution in [0.15, 0.2) is 24.3 Å². The SMILES string of the molecule is [CH2][C@H](OC1CCCCO1)c1cccc(Cl)c1. The van der Waals surface area contributed by atoms with E-state index in [0.29, 0.717) is 5.02 Å². The molecule has 1 aliphatic heterocycles. The predicted molar refractivity (Wildman–Crippen MR) is 64.2 cm³/mol. The van der Waals surface area contributed by atoms with Crippen LogP contribution in [0.1, 0.15) is 30.9 Å². The first-order valence-corrected chi connectivity index (χ1v) is 5.99. The van der Waals surface area contributed by atoms with Gasteiger partial charge in [0.2, 0.25) is 0 Å². The summed E-state index contributed by atoms with van der Waals surface area (Å²) in [6.45, 7) is 4.77. The van der Waals surface area contributed by atoms with Crippen molar-refractivity contribution in [1.82, 2.24) is 0 Å². The summed E-state index contributed by atoms with van der Waals surface area (Å²) >= 11 is 5.92. The first-order valence-electron chi connectivity index (χ1n) is 5.61. The van der Waals surface area contributed by atoms with Gasteiger partial charge in [-0.3, -0.25) is 0 Å². The number of rotatable bonds is 3. The van der Waals surface area contributed by atoms with Gasteiger partial charge in [0.25, 0.3) is 0 Å². The molecule has 0 N–H and O–H groups in total. The minimum Gasteiger partial charge on any atom is -0.353 e. The highest BCUT2D eigenvalue weighted by Crippen LogP contribution is 2.24. The van der Waals surface area contributed by atoms with Crippen molar-refractivity contribution in [2.45, 2.75) is 31.7 Å². The third kappa shape index (κ3) is 3.21. The van der Waals surface area contributed by atoms with Gasteiger partial charge in [0, 0.05) is 11.6 Å². The first kappa shape index (κ1) is 11.9. The Bertz CT molecular complexity index is 334. The molecule has 2 rings (SSSR count). The first-order chi connectivity index (χ1) is 7.75. The molecular formula is C13H16ClO2. The molecule has 0 spiro atoms. The maximum absolute atomic E-state index is 5.92. The van der Waals surface area contributed by atoms with Gasteiger partial charge in [0.15, 0.2) is 6.29 Å². The van der Waals surface area contributed by atoms with Crippen LogP contribution in [0.25, 0.3) is 0 Å². The Kier molecular flexibility index (Phi) is 4.22. The molecule has 0 aliphatic carbocycles. The second kappa shape index (κ2) is 5.67. The summed E-state index contributed by atoms with van der Waals surface area (Å²) in [4.78, 5) is 0. The Balaban J connectivity index is 1.94. The van der Waals surface area contributed by atoms with E-state index in [1.54, 1.807) is 0 Å². The van der Waals surface area contributed by atoms with Crippen molar-refractivity contribution >= 4 is 11.6 Å².